The monoisotopic (exact) mass is 2100 g/mol. The smallest absolute Gasteiger partial charge is 0.413 e. The number of nitrogens with two attached hydrogens (primary N) is 3. The number of amidine groups is 3. The molecule has 29 nitrogen and oxygen atoms in total. The maximum Gasteiger partial charge on any atom is 0.413 e. The zero-order chi connectivity index (χ0) is 105. The normalized spacial score (nSPS) is 28.5. The number of carbonyl (C=O) groups is 3. The van der Waals surface area contributed by atoms with E-state index in [1.54, 1.807) is 151 Å². The predicted octanol–water partition coefficient (Wildman–Crippen LogP) is 18.4. The average molecular weight is 2100 g/mol. The number of nitrogen functional groups attached to an aromatic ring is 1. The second-order valence-electron chi connectivity index (χ2n) is 40.5. The summed E-state index contributed by atoms with van der Waals surface area (Å²) < 4.78 is 136. The highest BCUT2D eigenvalue weighted by atomic mass is 32.2. The molecule has 0 spiro atoms. The van der Waals surface area contributed by atoms with E-state index in [1.807, 2.05) is 60.7 Å². The number of alkyl carbamates (subject to hydrolysis) is 3. The summed E-state index contributed by atoms with van der Waals surface area (Å²) in [6.07, 6.45) is 5.67. The molecule has 4 heterocycles. The van der Waals surface area contributed by atoms with E-state index in [4.69, 9.17) is 86.9 Å². The Morgan fingerprint density at radius 3 is 1.37 bits per heavy atom. The van der Waals surface area contributed by atoms with Crippen LogP contribution in [0.3, 0.4) is 0 Å². The molecule has 4 aliphatic heterocycles. The zero-order valence-corrected chi connectivity index (χ0v) is 87.0. The summed E-state index contributed by atoms with van der Waals surface area (Å²) in [5, 5.41) is 43.2. The largest absolute Gasteiger partial charge is 0.448 e. The van der Waals surface area contributed by atoms with E-state index in [-0.39, 0.29) is 138 Å². The molecule has 0 radical (unpaired) electrons. The molecule has 0 unspecified atom stereocenters. The summed E-state index contributed by atoms with van der Waals surface area (Å²) in [5.74, 6) is 0.0637. The number of hydrogen-bond acceptors (Lipinski definition) is 28. The number of benzene rings is 8. The second kappa shape index (κ2) is 47.7. The number of nitrogens with zero attached hydrogens (tertiary/aromatic N) is 4. The van der Waals surface area contributed by atoms with Gasteiger partial charge in [0.05, 0.1) is 81.4 Å². The number of non-ortho nitro benzene ring substituents is 1. The SMILES string of the molecule is CO[C@@H]1C[C@@H](CO)[C@](N)(c2ccccc2F)C1.CO[C@@H]1C[C@@H](CO)[C@](NC(=S)NC(=O)OCC2c3ccccc3-c3ccccc32)(c2ccccc2F)C1.CO[C@@H]1C[C@H]2CON[C@@]2(c2ccccc2F)C1.CO[C@@H]1C[C@H]2CSC(N)=N[C@@]2(c2ccccc2F)C1.CO[C@@H]1C[C@H]2CSC(NC(=O)OC(C)(C)C)=N[C@@]2(c2cc(N)ccc2F)C1.CO[C@@H]1C[C@H]2CSC(NC(=O)OC(C)(C)C)=N[C@@]2(c2cc([N+](=O)[O-])ccc2F)C1. The number of thioether (sulfide) groups is 3. The number of anilines is 1. The van der Waals surface area contributed by atoms with Gasteiger partial charge < -0.3 is 80.2 Å². The molecule has 3 amide bonds. The third kappa shape index (κ3) is 24.7. The van der Waals surface area contributed by atoms with Gasteiger partial charge in [-0.2, -0.15) is 5.48 Å². The number of ether oxygens (including phenoxy) is 9. The molecule has 8 aromatic carbocycles. The van der Waals surface area contributed by atoms with Crippen LogP contribution in [0.5, 0.6) is 0 Å². The lowest BCUT2D eigenvalue weighted by molar-refractivity contribution is -0.385. The third-order valence-electron chi connectivity index (χ3n) is 29.5. The number of carbonyl (C=O) groups excluding carboxylic acids is 3. The molecule has 1 saturated heterocycles. The van der Waals surface area contributed by atoms with E-state index in [1.165, 1.54) is 66.0 Å². The van der Waals surface area contributed by atoms with Crippen LogP contribution >= 0.6 is 47.5 Å². The van der Waals surface area contributed by atoms with Crippen LogP contribution < -0.4 is 43.9 Å². The molecule has 8 aromatic rings. The quantitative estimate of drug-likeness (QED) is 0.00952. The van der Waals surface area contributed by atoms with Crippen LogP contribution in [-0.4, -0.2) is 188 Å². The second-order valence-corrected chi connectivity index (χ2v) is 43.9. The predicted molar refractivity (Wildman–Crippen MR) is 555 cm³/mol. The fraction of sp³-hybridized carbons (Fsp3) is 0.486. The molecule has 0 bridgehead atoms. The first-order chi connectivity index (χ1) is 69.7. The topological polar surface area (TPSA) is 402 Å². The van der Waals surface area contributed by atoms with Crippen molar-refractivity contribution < 1.29 is 103 Å². The molecule has 7 fully saturated rings. The van der Waals surface area contributed by atoms with Crippen LogP contribution in [-0.2, 0) is 80.7 Å². The van der Waals surface area contributed by atoms with Crippen molar-refractivity contribution in [3.63, 3.8) is 0 Å². The van der Waals surface area contributed by atoms with Crippen molar-refractivity contribution in [2.24, 2.45) is 62.0 Å². The van der Waals surface area contributed by atoms with Gasteiger partial charge in [0, 0.05) is 191 Å². The van der Waals surface area contributed by atoms with Gasteiger partial charge in [0.1, 0.15) is 52.7 Å². The Balaban J connectivity index is 0.000000142. The minimum absolute atomic E-state index is 0.00400. The lowest BCUT2D eigenvalue weighted by Gasteiger charge is -2.37. The van der Waals surface area contributed by atoms with Gasteiger partial charge in [-0.25, -0.2) is 40.7 Å². The maximum atomic E-state index is 15.0. The Hall–Kier alpha value is -10.3. The Bertz CT molecular complexity index is 6030. The Kier molecular flexibility index (Phi) is 36.3. The first-order valence-electron chi connectivity index (χ1n) is 48.6. The van der Waals surface area contributed by atoms with Crippen LogP contribution in [0.4, 0.5) is 52.1 Å². The molecule has 0 aromatic heterocycles. The van der Waals surface area contributed by atoms with Crippen LogP contribution in [0.25, 0.3) is 11.1 Å². The van der Waals surface area contributed by atoms with E-state index in [0.29, 0.717) is 118 Å². The molecule has 39 heteroatoms. The summed E-state index contributed by atoms with van der Waals surface area (Å²) >= 11 is 9.80. The number of hydrogen-bond donors (Lipinski definition) is 10. The number of methoxy groups -OCH3 is 6. The summed E-state index contributed by atoms with van der Waals surface area (Å²) in [5.41, 5.74) is 22.8. The number of hydroxylamine groups is 1. The van der Waals surface area contributed by atoms with Gasteiger partial charge in [-0.1, -0.05) is 157 Å². The summed E-state index contributed by atoms with van der Waals surface area (Å²) in [6, 6.07) is 50.9. The lowest BCUT2D eigenvalue weighted by atomic mass is 9.80. The van der Waals surface area contributed by atoms with Gasteiger partial charge in [-0.3, -0.25) is 41.0 Å². The highest BCUT2D eigenvalue weighted by Gasteiger charge is 2.59. The van der Waals surface area contributed by atoms with E-state index in [0.717, 1.165) is 65.8 Å². The van der Waals surface area contributed by atoms with Crippen molar-refractivity contribution >= 4 is 97.8 Å². The van der Waals surface area contributed by atoms with Gasteiger partial charge in [0.15, 0.2) is 20.6 Å². The minimum atomic E-state index is -1.05. The molecular formula is C107H130F6N12O17S4. The summed E-state index contributed by atoms with van der Waals surface area (Å²) in [4.78, 5) is 67.3. The highest BCUT2D eigenvalue weighted by molar-refractivity contribution is 8.14. The van der Waals surface area contributed by atoms with E-state index in [9.17, 15) is 61.1 Å². The Labute approximate surface area is 864 Å². The van der Waals surface area contributed by atoms with Crippen LogP contribution in [0.15, 0.2) is 197 Å². The highest BCUT2D eigenvalue weighted by Crippen LogP contribution is 2.58. The molecule has 19 rings (SSSR count). The lowest BCUT2D eigenvalue weighted by Crippen LogP contribution is -2.54. The molecule has 18 atom stereocenters. The number of nitro benzene ring substituents is 1. The number of aliphatic hydroxyl groups excluding tert-OH is 2. The van der Waals surface area contributed by atoms with Crippen LogP contribution in [0, 0.1) is 80.5 Å². The van der Waals surface area contributed by atoms with Gasteiger partial charge in [-0.15, -0.1) is 0 Å². The van der Waals surface area contributed by atoms with Crippen molar-refractivity contribution in [3.05, 3.63) is 272 Å². The average Bonchev–Trinajstić information content (AvgIpc) is 1.59. The molecule has 6 saturated carbocycles. The van der Waals surface area contributed by atoms with Crippen molar-refractivity contribution in [2.75, 3.05) is 92.1 Å². The van der Waals surface area contributed by atoms with Crippen molar-refractivity contribution in [1.29, 1.82) is 0 Å². The van der Waals surface area contributed by atoms with Crippen molar-refractivity contribution in [2.45, 2.75) is 206 Å². The number of nitrogens with one attached hydrogen (secondary N) is 5. The molecule has 786 valence electrons. The number of rotatable bonds is 18. The van der Waals surface area contributed by atoms with E-state index in [2.05, 4.69) is 43.9 Å². The number of aliphatic hydroxyl groups is 2. The van der Waals surface area contributed by atoms with Gasteiger partial charge in [0.25, 0.3) is 5.69 Å². The minimum Gasteiger partial charge on any atom is -0.448 e. The molecule has 7 aliphatic carbocycles. The first kappa shape index (κ1) is 111. The fourth-order valence-corrected chi connectivity index (χ4v) is 26.1. The molecule has 11 aliphatic rings. The number of amides is 3. The summed E-state index contributed by atoms with van der Waals surface area (Å²) in [7, 11) is 9.85. The Morgan fingerprint density at radius 2 is 0.890 bits per heavy atom. The molecule has 13 N–H and O–H groups in total. The summed E-state index contributed by atoms with van der Waals surface area (Å²) in [6.45, 7) is 11.1. The zero-order valence-electron chi connectivity index (χ0n) is 83.7. The van der Waals surface area contributed by atoms with Gasteiger partial charge in [-0.05, 0) is 176 Å². The number of thiocarbonyl (C=S) groups is 1. The first-order valence-corrected chi connectivity index (χ1v) is 52.0. The van der Waals surface area contributed by atoms with Crippen molar-refractivity contribution in [1.82, 2.24) is 26.7 Å². The third-order valence-corrected chi connectivity index (χ3v) is 32.7. The van der Waals surface area contributed by atoms with Crippen LogP contribution in [0.2, 0.25) is 0 Å². The molecular weight excluding hydrogens is 1970 g/mol. The number of aliphatic imine (C=N–C) groups is 3. The van der Waals surface area contributed by atoms with Gasteiger partial charge in [0.2, 0.25) is 0 Å². The standard InChI is InChI=1S/C29H29FN2O4S.C19H24FN3O5S.C19H26FN3O3S.C14H17FN2OS.C13H16FNO2.C13H18FNO2/c1-35-19-14-18(16-33)29(15-19,25-12-6-7-13-26(25)30)32-27(37)31-28(34)36-17-24-22-10-4-2-8-20(22)21-9-3-5-11-23(21)24;1-18(2,3)28-17(24)21-16-22-19(9-13(27-4)7-11(19)10-29-16)14-8-12(23(25)26)5-6-15(14)20;1-18(2,3)26-17(24)22-16-23-19(14-8-12(21)5-6-15(14)20)9-13(25-4)7-11(19)10-27-16;1-18-10-6-9-8-19-13(16)17-14(9,7-10)11-4-2-3-5-12(11)15;1-16-10-6-9-8-17-15-13(9,7-10)11-4-2-3-5-12(11)14;1-17-10-6-9(8-16)13(15,7-10)11-4-2-3-5-12(11)14/h2-13,18-19,24,33H,14-17H2,1H3,(H2,31,32,34,37);5-6,8,11,13H,7,9-10H2,1-4H3,(H,21,22,24);5-6,8,11,13H,7,9-10,21H2,1-4H3,(H,22,23,24);2-5,9-10H,6-8H2,1H3,(H2,16,17);2-5,9-10,15H,6-8H2,1H3;2-5,9-10,16H,6-8,15H2,1H3/t18-,19+,29-;2*11-,13+,19-;9-,10+,14-;2*9-,10+,13-/m000000/s1. The van der Waals surface area contributed by atoms with E-state index >= 15 is 0 Å². The Morgan fingerprint density at radius 1 is 0.486 bits per heavy atom. The maximum absolute atomic E-state index is 15.0. The van der Waals surface area contributed by atoms with Crippen molar-refractivity contribution in [3.8, 4) is 11.1 Å². The van der Waals surface area contributed by atoms with Crippen LogP contribution in [0.1, 0.15) is 169 Å². The fourth-order valence-electron chi connectivity index (χ4n) is 22.6. The number of halogens is 6. The van der Waals surface area contributed by atoms with E-state index < -0.39 is 79.3 Å². The number of nitro groups is 1. The molecule has 146 heavy (non-hydrogen) atoms. The van der Waals surface area contributed by atoms with Gasteiger partial charge >= 0.3 is 18.3 Å². The number of fused-ring (bicyclic) bond motifs is 7.